The highest BCUT2D eigenvalue weighted by molar-refractivity contribution is 6.12. The van der Waals surface area contributed by atoms with Gasteiger partial charge in [0.15, 0.2) is 0 Å². The Kier molecular flexibility index (Phi) is 3.69. The molecule has 0 saturated carbocycles. The van der Waals surface area contributed by atoms with Crippen molar-refractivity contribution in [2.45, 2.75) is 33.1 Å². The summed E-state index contributed by atoms with van der Waals surface area (Å²) in [6.07, 6.45) is 1.91. The number of nitrogens with one attached hydrogen (secondary N) is 1. The summed E-state index contributed by atoms with van der Waals surface area (Å²) >= 11 is 0. The van der Waals surface area contributed by atoms with Crippen molar-refractivity contribution in [1.82, 2.24) is 23.9 Å². The average Bonchev–Trinajstić information content (AvgIpc) is 3.46. The molecule has 34 heavy (non-hydrogen) atoms. The molecular formula is C29H25N5. The summed E-state index contributed by atoms with van der Waals surface area (Å²) in [5.74, 6) is 1.77. The standard InChI is InChI=1S/C29H25N5/c1-17-8-7-11-23-27(17)32-28-33(23)24-15-20-19-9-5-6-10-21(19)31-22(20)16-25(24)34(28)26-14-18(12-13-30-26)29(2,3)4/h5-16,31H,1-4H3. The van der Waals surface area contributed by atoms with E-state index in [2.05, 4.69) is 108 Å². The van der Waals surface area contributed by atoms with E-state index in [1.165, 1.54) is 21.9 Å². The lowest BCUT2D eigenvalue weighted by Crippen LogP contribution is -2.12. The fourth-order valence-corrected chi connectivity index (χ4v) is 5.19. The second-order valence-corrected chi connectivity index (χ2v) is 10.2. The van der Waals surface area contributed by atoms with Gasteiger partial charge in [-0.15, -0.1) is 0 Å². The number of H-pyrrole nitrogens is 1. The van der Waals surface area contributed by atoms with Gasteiger partial charge in [-0.25, -0.2) is 9.97 Å². The van der Waals surface area contributed by atoms with Crippen LogP contribution < -0.4 is 0 Å². The lowest BCUT2D eigenvalue weighted by Gasteiger charge is -2.19. The number of para-hydroxylation sites is 2. The molecule has 0 fully saturated rings. The monoisotopic (exact) mass is 443 g/mol. The summed E-state index contributed by atoms with van der Waals surface area (Å²) in [5, 5.41) is 2.45. The molecule has 0 saturated heterocycles. The molecule has 0 bridgehead atoms. The van der Waals surface area contributed by atoms with Crippen LogP contribution in [-0.4, -0.2) is 23.9 Å². The Morgan fingerprint density at radius 3 is 2.50 bits per heavy atom. The highest BCUT2D eigenvalue weighted by Gasteiger charge is 2.22. The molecule has 3 aromatic carbocycles. The first kappa shape index (κ1) is 19.4. The minimum atomic E-state index is 0.0259. The summed E-state index contributed by atoms with van der Waals surface area (Å²) < 4.78 is 4.49. The predicted octanol–water partition coefficient (Wildman–Crippen LogP) is 7.07. The molecule has 166 valence electrons. The summed E-state index contributed by atoms with van der Waals surface area (Å²) in [7, 11) is 0. The molecule has 0 unspecified atom stereocenters. The van der Waals surface area contributed by atoms with E-state index in [1.54, 1.807) is 0 Å². The smallest absolute Gasteiger partial charge is 0.221 e. The molecular weight excluding hydrogens is 418 g/mol. The lowest BCUT2D eigenvalue weighted by molar-refractivity contribution is 0.588. The number of fused-ring (bicyclic) bond motifs is 8. The number of aryl methyl sites for hydroxylation is 1. The third-order valence-corrected chi connectivity index (χ3v) is 6.99. The highest BCUT2D eigenvalue weighted by Crippen LogP contribution is 2.35. The maximum Gasteiger partial charge on any atom is 0.221 e. The Labute approximate surface area is 196 Å². The Hall–Kier alpha value is -4.12. The number of benzene rings is 3. The van der Waals surface area contributed by atoms with Crippen LogP contribution >= 0.6 is 0 Å². The topological polar surface area (TPSA) is 50.9 Å². The van der Waals surface area contributed by atoms with Gasteiger partial charge in [-0.3, -0.25) is 8.97 Å². The van der Waals surface area contributed by atoms with Crippen LogP contribution in [0.1, 0.15) is 31.9 Å². The van der Waals surface area contributed by atoms with E-state index >= 15 is 0 Å². The summed E-state index contributed by atoms with van der Waals surface area (Å²) in [4.78, 5) is 13.5. The molecule has 4 aromatic heterocycles. The van der Waals surface area contributed by atoms with Crippen LogP contribution in [0.4, 0.5) is 0 Å². The van der Waals surface area contributed by atoms with Gasteiger partial charge < -0.3 is 4.98 Å². The quantitative estimate of drug-likeness (QED) is 0.295. The molecule has 0 atom stereocenters. The van der Waals surface area contributed by atoms with Crippen molar-refractivity contribution in [2.75, 3.05) is 0 Å². The first-order chi connectivity index (χ1) is 16.4. The molecule has 0 aliphatic heterocycles. The molecule has 7 aromatic rings. The number of pyridine rings is 1. The van der Waals surface area contributed by atoms with E-state index < -0.39 is 0 Å². The Balaban J connectivity index is 1.69. The van der Waals surface area contributed by atoms with Crippen molar-refractivity contribution in [2.24, 2.45) is 0 Å². The van der Waals surface area contributed by atoms with Gasteiger partial charge in [0.1, 0.15) is 5.82 Å². The molecule has 7 rings (SSSR count). The number of hydrogen-bond donors (Lipinski definition) is 1. The zero-order chi connectivity index (χ0) is 23.2. The number of hydrogen-bond acceptors (Lipinski definition) is 2. The molecule has 0 aliphatic carbocycles. The van der Waals surface area contributed by atoms with Crippen LogP contribution in [0.5, 0.6) is 0 Å². The Morgan fingerprint density at radius 1 is 0.794 bits per heavy atom. The maximum atomic E-state index is 5.13. The fraction of sp³-hybridized carbons (Fsp3) is 0.172. The molecule has 0 radical (unpaired) electrons. The van der Waals surface area contributed by atoms with Crippen molar-refractivity contribution in [1.29, 1.82) is 0 Å². The van der Waals surface area contributed by atoms with Crippen LogP contribution in [0.25, 0.3) is 55.5 Å². The summed E-state index contributed by atoms with van der Waals surface area (Å²) in [5.41, 5.74) is 9.06. The second-order valence-electron chi connectivity index (χ2n) is 10.2. The van der Waals surface area contributed by atoms with Crippen molar-refractivity contribution >= 4 is 49.7 Å². The second kappa shape index (κ2) is 6.48. The van der Waals surface area contributed by atoms with Gasteiger partial charge in [-0.1, -0.05) is 51.1 Å². The van der Waals surface area contributed by atoms with Crippen molar-refractivity contribution < 1.29 is 0 Å². The Morgan fingerprint density at radius 2 is 1.65 bits per heavy atom. The van der Waals surface area contributed by atoms with Gasteiger partial charge in [-0.2, -0.15) is 0 Å². The third-order valence-electron chi connectivity index (χ3n) is 6.99. The SMILES string of the molecule is Cc1cccc2c1nc1n(-c3cc(C(C)(C)C)ccn3)c3cc4[nH]c5ccccc5c4cc3n21. The fourth-order valence-electron chi connectivity index (χ4n) is 5.19. The minimum absolute atomic E-state index is 0.0259. The van der Waals surface area contributed by atoms with Crippen LogP contribution in [0, 0.1) is 6.92 Å². The average molecular weight is 444 g/mol. The Bertz CT molecular complexity index is 1910. The van der Waals surface area contributed by atoms with E-state index in [0.717, 1.165) is 44.7 Å². The zero-order valence-corrected chi connectivity index (χ0v) is 19.7. The minimum Gasteiger partial charge on any atom is -0.354 e. The number of rotatable bonds is 1. The molecule has 0 amide bonds. The largest absolute Gasteiger partial charge is 0.354 e. The van der Waals surface area contributed by atoms with E-state index in [1.807, 2.05) is 6.20 Å². The number of aromatic nitrogens is 5. The van der Waals surface area contributed by atoms with Gasteiger partial charge in [-0.05, 0) is 59.9 Å². The van der Waals surface area contributed by atoms with E-state index in [-0.39, 0.29) is 5.41 Å². The maximum absolute atomic E-state index is 5.13. The lowest BCUT2D eigenvalue weighted by atomic mass is 9.88. The van der Waals surface area contributed by atoms with E-state index in [9.17, 15) is 0 Å². The molecule has 4 heterocycles. The highest BCUT2D eigenvalue weighted by atomic mass is 15.2. The van der Waals surface area contributed by atoms with Crippen LogP contribution in [0.15, 0.2) is 72.9 Å². The van der Waals surface area contributed by atoms with Gasteiger partial charge >= 0.3 is 0 Å². The van der Waals surface area contributed by atoms with Crippen molar-refractivity contribution in [3.05, 3.63) is 84.1 Å². The van der Waals surface area contributed by atoms with Gasteiger partial charge in [0.2, 0.25) is 5.78 Å². The number of nitrogens with zero attached hydrogens (tertiary/aromatic N) is 4. The molecule has 1 N–H and O–H groups in total. The first-order valence-electron chi connectivity index (χ1n) is 11.7. The zero-order valence-electron chi connectivity index (χ0n) is 19.7. The molecule has 0 aliphatic rings. The summed E-state index contributed by atoms with van der Waals surface area (Å²) in [6, 6.07) is 23.7. The number of imidazole rings is 2. The van der Waals surface area contributed by atoms with Crippen LogP contribution in [-0.2, 0) is 5.41 Å². The van der Waals surface area contributed by atoms with Crippen molar-refractivity contribution in [3.63, 3.8) is 0 Å². The van der Waals surface area contributed by atoms with Crippen LogP contribution in [0.2, 0.25) is 0 Å². The third kappa shape index (κ3) is 2.55. The first-order valence-corrected chi connectivity index (χ1v) is 11.7. The predicted molar refractivity (Wildman–Crippen MR) is 140 cm³/mol. The normalized spacial score (nSPS) is 12.7. The molecule has 0 spiro atoms. The van der Waals surface area contributed by atoms with Crippen LogP contribution in [0.3, 0.4) is 0 Å². The van der Waals surface area contributed by atoms with E-state index in [4.69, 9.17) is 9.97 Å². The van der Waals surface area contributed by atoms with Gasteiger partial charge in [0.25, 0.3) is 0 Å². The molecule has 5 nitrogen and oxygen atoms in total. The number of aromatic amines is 1. The van der Waals surface area contributed by atoms with E-state index in [0.29, 0.717) is 0 Å². The van der Waals surface area contributed by atoms with Crippen molar-refractivity contribution in [3.8, 4) is 5.82 Å². The van der Waals surface area contributed by atoms with Gasteiger partial charge in [0.05, 0.1) is 22.1 Å². The van der Waals surface area contributed by atoms with Gasteiger partial charge in [0, 0.05) is 28.0 Å². The summed E-state index contributed by atoms with van der Waals surface area (Å²) in [6.45, 7) is 8.82. The molecule has 5 heteroatoms.